The minimum atomic E-state index is 1.17. The van der Waals surface area contributed by atoms with Crippen molar-refractivity contribution in [1.82, 2.24) is 5.10 Å². The second-order valence-electron chi connectivity index (χ2n) is 5.72. The van der Waals surface area contributed by atoms with Gasteiger partial charge in [0, 0.05) is 5.39 Å². The number of aromatic nitrogens is 2. The Morgan fingerprint density at radius 2 is 1.50 bits per heavy atom. The maximum atomic E-state index is 4.55. The van der Waals surface area contributed by atoms with E-state index in [1.54, 1.807) is 0 Å². The van der Waals surface area contributed by atoms with Crippen LogP contribution in [0, 0.1) is 6.92 Å². The Morgan fingerprint density at radius 3 is 2.27 bits per heavy atom. The van der Waals surface area contributed by atoms with Gasteiger partial charge in [-0.2, -0.15) is 0 Å². The first-order chi connectivity index (χ1) is 10.7. The molecule has 0 unspecified atom stereocenters. The molecule has 0 saturated heterocycles. The van der Waals surface area contributed by atoms with Crippen LogP contribution in [0.5, 0.6) is 0 Å². The van der Waals surface area contributed by atoms with Gasteiger partial charge in [-0.15, -0.1) is 0 Å². The molecule has 0 fully saturated rings. The molecule has 0 amide bonds. The molecule has 4 rings (SSSR count). The molecule has 3 aromatic carbocycles. The van der Waals surface area contributed by atoms with Crippen molar-refractivity contribution in [2.75, 3.05) is 0 Å². The molecular formula is C20H17N2+. The van der Waals surface area contributed by atoms with Gasteiger partial charge in [-0.3, -0.25) is 0 Å². The van der Waals surface area contributed by atoms with Crippen molar-refractivity contribution in [2.45, 2.75) is 6.92 Å². The van der Waals surface area contributed by atoms with Crippen LogP contribution >= 0.6 is 0 Å². The van der Waals surface area contributed by atoms with Crippen LogP contribution in [-0.2, 0) is 7.05 Å². The highest BCUT2D eigenvalue weighted by Gasteiger charge is 2.18. The van der Waals surface area contributed by atoms with Crippen LogP contribution in [0.1, 0.15) is 5.56 Å². The molecule has 1 aromatic heterocycles. The van der Waals surface area contributed by atoms with Gasteiger partial charge >= 0.3 is 0 Å². The van der Waals surface area contributed by atoms with E-state index >= 15 is 0 Å². The first-order valence-corrected chi connectivity index (χ1v) is 7.48. The van der Waals surface area contributed by atoms with Crippen LogP contribution < -0.4 is 4.68 Å². The summed E-state index contributed by atoms with van der Waals surface area (Å²) in [6.07, 6.45) is 1.95. The third-order valence-electron chi connectivity index (χ3n) is 4.27. The number of benzene rings is 3. The molecule has 1 heterocycles. The first kappa shape index (κ1) is 13.0. The summed E-state index contributed by atoms with van der Waals surface area (Å²) >= 11 is 0. The zero-order chi connectivity index (χ0) is 15.1. The Morgan fingerprint density at radius 1 is 0.818 bits per heavy atom. The molecule has 0 saturated carbocycles. The van der Waals surface area contributed by atoms with Crippen molar-refractivity contribution in [3.05, 3.63) is 72.4 Å². The van der Waals surface area contributed by atoms with Gasteiger partial charge in [-0.25, -0.2) is 0 Å². The average molecular weight is 285 g/mol. The summed E-state index contributed by atoms with van der Waals surface area (Å²) in [5, 5.41) is 9.48. The van der Waals surface area contributed by atoms with Crippen LogP contribution in [0.15, 0.2) is 66.9 Å². The summed E-state index contributed by atoms with van der Waals surface area (Å²) in [5.74, 6) is 0. The highest BCUT2D eigenvalue weighted by Crippen LogP contribution is 2.30. The van der Waals surface area contributed by atoms with E-state index < -0.39 is 0 Å². The van der Waals surface area contributed by atoms with E-state index in [9.17, 15) is 0 Å². The standard InChI is InChI=1S/C20H17N2/c1-14-7-3-6-10-18(14)20-19-12-16-9-5-4-8-15(16)11-17(19)13-21-22(20)2/h3-13H,1-2H3/q+1. The molecule has 0 spiro atoms. The Labute approximate surface area is 129 Å². The number of rotatable bonds is 1. The smallest absolute Gasteiger partial charge is 0.0858 e. The lowest BCUT2D eigenvalue weighted by Gasteiger charge is -2.07. The quantitative estimate of drug-likeness (QED) is 0.378. The molecular weight excluding hydrogens is 268 g/mol. The molecule has 0 aliphatic heterocycles. The fourth-order valence-corrected chi connectivity index (χ4v) is 3.11. The van der Waals surface area contributed by atoms with E-state index in [0.29, 0.717) is 0 Å². The third-order valence-corrected chi connectivity index (χ3v) is 4.27. The van der Waals surface area contributed by atoms with E-state index in [-0.39, 0.29) is 0 Å². The lowest BCUT2D eigenvalue weighted by Crippen LogP contribution is -2.35. The molecule has 2 nitrogen and oxygen atoms in total. The highest BCUT2D eigenvalue weighted by molar-refractivity contribution is 6.02. The summed E-state index contributed by atoms with van der Waals surface area (Å²) in [6, 6.07) is 21.4. The summed E-state index contributed by atoms with van der Waals surface area (Å²) < 4.78 is 1.97. The van der Waals surface area contributed by atoms with Gasteiger partial charge in [-0.05, 0) is 46.6 Å². The van der Waals surface area contributed by atoms with Crippen LogP contribution in [0.2, 0.25) is 0 Å². The zero-order valence-electron chi connectivity index (χ0n) is 12.7. The predicted molar refractivity (Wildman–Crippen MR) is 90.6 cm³/mol. The topological polar surface area (TPSA) is 16.8 Å². The van der Waals surface area contributed by atoms with E-state index in [1.165, 1.54) is 38.4 Å². The van der Waals surface area contributed by atoms with Crippen molar-refractivity contribution >= 4 is 21.5 Å². The fraction of sp³-hybridized carbons (Fsp3) is 0.100. The van der Waals surface area contributed by atoms with Crippen molar-refractivity contribution in [1.29, 1.82) is 0 Å². The fourth-order valence-electron chi connectivity index (χ4n) is 3.11. The van der Waals surface area contributed by atoms with Crippen molar-refractivity contribution in [2.24, 2.45) is 7.05 Å². The molecule has 0 aliphatic rings. The molecule has 0 bridgehead atoms. The van der Waals surface area contributed by atoms with Crippen LogP contribution in [-0.4, -0.2) is 5.10 Å². The lowest BCUT2D eigenvalue weighted by molar-refractivity contribution is -0.719. The summed E-state index contributed by atoms with van der Waals surface area (Å²) in [6.45, 7) is 2.15. The van der Waals surface area contributed by atoms with Gasteiger partial charge in [0.25, 0.3) is 0 Å². The second-order valence-corrected chi connectivity index (χ2v) is 5.72. The van der Waals surface area contributed by atoms with Gasteiger partial charge in [-0.1, -0.05) is 47.1 Å². The molecule has 106 valence electrons. The van der Waals surface area contributed by atoms with Gasteiger partial charge < -0.3 is 0 Å². The largest absolute Gasteiger partial charge is 0.246 e. The lowest BCUT2D eigenvalue weighted by atomic mass is 9.98. The van der Waals surface area contributed by atoms with E-state index in [0.717, 1.165) is 0 Å². The number of nitrogens with zero attached hydrogens (tertiary/aromatic N) is 2. The van der Waals surface area contributed by atoms with Crippen LogP contribution in [0.4, 0.5) is 0 Å². The SMILES string of the molecule is Cc1ccccc1-c1c2cc3ccccc3cc2cn[n+]1C. The molecule has 2 heteroatoms. The maximum Gasteiger partial charge on any atom is 0.246 e. The summed E-state index contributed by atoms with van der Waals surface area (Å²) in [5.41, 5.74) is 3.67. The van der Waals surface area contributed by atoms with E-state index in [1.807, 2.05) is 17.9 Å². The van der Waals surface area contributed by atoms with Crippen molar-refractivity contribution < 1.29 is 4.68 Å². The monoisotopic (exact) mass is 285 g/mol. The average Bonchev–Trinajstić information content (AvgIpc) is 2.54. The van der Waals surface area contributed by atoms with Crippen LogP contribution in [0.25, 0.3) is 32.8 Å². The predicted octanol–water partition coefficient (Wildman–Crippen LogP) is 4.19. The zero-order valence-corrected chi connectivity index (χ0v) is 12.7. The van der Waals surface area contributed by atoms with E-state index in [2.05, 4.69) is 72.7 Å². The summed E-state index contributed by atoms with van der Waals surface area (Å²) in [4.78, 5) is 0. The third kappa shape index (κ3) is 1.96. The molecule has 0 N–H and O–H groups in total. The second kappa shape index (κ2) is 4.92. The minimum Gasteiger partial charge on any atom is -0.0858 e. The molecule has 0 atom stereocenters. The number of fused-ring (bicyclic) bond motifs is 2. The maximum absolute atomic E-state index is 4.55. The van der Waals surface area contributed by atoms with Crippen molar-refractivity contribution in [3.63, 3.8) is 0 Å². The first-order valence-electron chi connectivity index (χ1n) is 7.48. The Bertz CT molecular complexity index is 1000. The molecule has 4 aromatic rings. The minimum absolute atomic E-state index is 1.17. The molecule has 22 heavy (non-hydrogen) atoms. The molecule has 0 radical (unpaired) electrons. The Kier molecular flexibility index (Phi) is 2.90. The van der Waals surface area contributed by atoms with E-state index in [4.69, 9.17) is 0 Å². The number of hydrogen-bond acceptors (Lipinski definition) is 1. The Balaban J connectivity index is 2.15. The molecule has 0 aliphatic carbocycles. The normalized spacial score (nSPS) is 11.2. The van der Waals surface area contributed by atoms with Gasteiger partial charge in [0.2, 0.25) is 5.69 Å². The summed E-state index contributed by atoms with van der Waals surface area (Å²) in [7, 11) is 2.01. The van der Waals surface area contributed by atoms with Crippen molar-refractivity contribution in [3.8, 4) is 11.3 Å². The number of aryl methyl sites for hydroxylation is 2. The van der Waals surface area contributed by atoms with Gasteiger partial charge in [0.15, 0.2) is 7.05 Å². The Hall–Kier alpha value is -2.74. The number of hydrogen-bond donors (Lipinski definition) is 0. The highest BCUT2D eigenvalue weighted by atomic mass is 15.2. The van der Waals surface area contributed by atoms with Gasteiger partial charge in [0.1, 0.15) is 6.20 Å². The van der Waals surface area contributed by atoms with Crippen LogP contribution in [0.3, 0.4) is 0 Å². The van der Waals surface area contributed by atoms with Gasteiger partial charge in [0.05, 0.1) is 10.9 Å².